The smallest absolute Gasteiger partial charge is 0.416 e. The molecule has 0 aliphatic heterocycles. The van der Waals surface area contributed by atoms with E-state index in [2.05, 4.69) is 15.5 Å². The molecule has 0 radical (unpaired) electrons. The fourth-order valence-corrected chi connectivity index (χ4v) is 2.17. The van der Waals surface area contributed by atoms with Gasteiger partial charge in [0.2, 0.25) is 0 Å². The number of para-hydroxylation sites is 1. The Kier molecular flexibility index (Phi) is 4.61. The number of nitrogens with one attached hydrogen (secondary N) is 1. The SMILES string of the molecule is COc1ccccc1-c1nnc(C(=O)Nc2ccc(C(F)(F)F)cc2)o1. The molecule has 26 heavy (non-hydrogen) atoms. The van der Waals surface area contributed by atoms with Crippen molar-refractivity contribution in [2.75, 3.05) is 12.4 Å². The predicted octanol–water partition coefficient (Wildman–Crippen LogP) is 4.02. The summed E-state index contributed by atoms with van der Waals surface area (Å²) in [6.45, 7) is 0. The third-order valence-electron chi connectivity index (χ3n) is 3.43. The van der Waals surface area contributed by atoms with Crippen molar-refractivity contribution >= 4 is 11.6 Å². The number of alkyl halides is 3. The third-order valence-corrected chi connectivity index (χ3v) is 3.43. The number of nitrogens with zero attached hydrogens (tertiary/aromatic N) is 2. The van der Waals surface area contributed by atoms with Crippen LogP contribution in [-0.4, -0.2) is 23.2 Å². The average molecular weight is 363 g/mol. The summed E-state index contributed by atoms with van der Waals surface area (Å²) < 4.78 is 48.1. The van der Waals surface area contributed by atoms with E-state index in [9.17, 15) is 18.0 Å². The van der Waals surface area contributed by atoms with Crippen LogP contribution in [-0.2, 0) is 6.18 Å². The Hall–Kier alpha value is -3.36. The first-order valence-corrected chi connectivity index (χ1v) is 7.34. The Morgan fingerprint density at radius 1 is 1.08 bits per heavy atom. The Morgan fingerprint density at radius 2 is 1.77 bits per heavy atom. The minimum absolute atomic E-state index is 0.0834. The van der Waals surface area contributed by atoms with Gasteiger partial charge in [-0.2, -0.15) is 13.2 Å². The number of halogens is 3. The van der Waals surface area contributed by atoms with E-state index in [4.69, 9.17) is 9.15 Å². The highest BCUT2D eigenvalue weighted by Crippen LogP contribution is 2.30. The number of carbonyl (C=O) groups excluding carboxylic acids is 1. The van der Waals surface area contributed by atoms with Crippen molar-refractivity contribution in [1.82, 2.24) is 10.2 Å². The molecule has 3 aromatic rings. The van der Waals surface area contributed by atoms with Gasteiger partial charge in [0.25, 0.3) is 5.89 Å². The lowest BCUT2D eigenvalue weighted by molar-refractivity contribution is -0.137. The highest BCUT2D eigenvalue weighted by Gasteiger charge is 2.30. The molecule has 0 unspecified atom stereocenters. The van der Waals surface area contributed by atoms with Crippen molar-refractivity contribution in [2.24, 2.45) is 0 Å². The number of anilines is 1. The summed E-state index contributed by atoms with van der Waals surface area (Å²) in [4.78, 5) is 12.1. The van der Waals surface area contributed by atoms with Gasteiger partial charge in [-0.3, -0.25) is 4.79 Å². The normalized spacial score (nSPS) is 11.2. The number of hydrogen-bond acceptors (Lipinski definition) is 5. The van der Waals surface area contributed by atoms with E-state index < -0.39 is 17.6 Å². The third kappa shape index (κ3) is 3.66. The van der Waals surface area contributed by atoms with Crippen LogP contribution >= 0.6 is 0 Å². The van der Waals surface area contributed by atoms with Crippen LogP contribution in [0, 0.1) is 0 Å². The van der Waals surface area contributed by atoms with Crippen LogP contribution in [0.25, 0.3) is 11.5 Å². The molecule has 9 heteroatoms. The number of hydrogen-bond donors (Lipinski definition) is 1. The largest absolute Gasteiger partial charge is 0.496 e. The minimum atomic E-state index is -4.45. The van der Waals surface area contributed by atoms with Gasteiger partial charge in [-0.25, -0.2) is 0 Å². The Labute approximate surface area is 145 Å². The first-order valence-electron chi connectivity index (χ1n) is 7.34. The second kappa shape index (κ2) is 6.87. The molecule has 1 amide bonds. The molecule has 1 aromatic heterocycles. The van der Waals surface area contributed by atoms with Crippen LogP contribution in [0.1, 0.15) is 16.2 Å². The van der Waals surface area contributed by atoms with Gasteiger partial charge >= 0.3 is 18.0 Å². The lowest BCUT2D eigenvalue weighted by atomic mass is 10.2. The standard InChI is InChI=1S/C17H12F3N3O3/c1-25-13-5-3-2-4-12(13)15-22-23-16(26-15)14(24)21-11-8-6-10(7-9-11)17(18,19)20/h2-9H,1H3,(H,21,24). The first-order chi connectivity index (χ1) is 12.4. The van der Waals surface area contributed by atoms with Crippen LogP contribution in [0.2, 0.25) is 0 Å². The molecule has 0 atom stereocenters. The lowest BCUT2D eigenvalue weighted by Crippen LogP contribution is -2.12. The summed E-state index contributed by atoms with van der Waals surface area (Å²) in [6, 6.07) is 10.9. The zero-order chi connectivity index (χ0) is 18.7. The first kappa shape index (κ1) is 17.5. The predicted molar refractivity (Wildman–Crippen MR) is 85.7 cm³/mol. The number of rotatable bonds is 4. The highest BCUT2D eigenvalue weighted by atomic mass is 19.4. The van der Waals surface area contributed by atoms with E-state index in [-0.39, 0.29) is 17.5 Å². The molecule has 1 N–H and O–H groups in total. The molecule has 0 fully saturated rings. The molecule has 0 spiro atoms. The van der Waals surface area contributed by atoms with Gasteiger partial charge in [-0.1, -0.05) is 12.1 Å². The molecule has 1 heterocycles. The fourth-order valence-electron chi connectivity index (χ4n) is 2.17. The van der Waals surface area contributed by atoms with Crippen molar-refractivity contribution in [3.05, 3.63) is 60.0 Å². The van der Waals surface area contributed by atoms with Crippen LogP contribution < -0.4 is 10.1 Å². The van der Waals surface area contributed by atoms with Crippen molar-refractivity contribution in [2.45, 2.75) is 6.18 Å². The van der Waals surface area contributed by atoms with E-state index in [1.807, 2.05) is 0 Å². The highest BCUT2D eigenvalue weighted by molar-refractivity contribution is 6.00. The van der Waals surface area contributed by atoms with E-state index in [0.717, 1.165) is 24.3 Å². The van der Waals surface area contributed by atoms with Gasteiger partial charge < -0.3 is 14.5 Å². The summed E-state index contributed by atoms with van der Waals surface area (Å²) in [5.41, 5.74) is -0.136. The monoisotopic (exact) mass is 363 g/mol. The van der Waals surface area contributed by atoms with E-state index in [1.54, 1.807) is 24.3 Å². The maximum atomic E-state index is 12.5. The van der Waals surface area contributed by atoms with Gasteiger partial charge in [0.15, 0.2) is 0 Å². The zero-order valence-electron chi connectivity index (χ0n) is 13.4. The topological polar surface area (TPSA) is 77.2 Å². The van der Waals surface area contributed by atoms with Crippen molar-refractivity contribution in [3.8, 4) is 17.2 Å². The van der Waals surface area contributed by atoms with Crippen LogP contribution in [0.3, 0.4) is 0 Å². The molecule has 3 rings (SSSR count). The number of benzene rings is 2. The van der Waals surface area contributed by atoms with Crippen LogP contribution in [0.5, 0.6) is 5.75 Å². The summed E-state index contributed by atoms with van der Waals surface area (Å²) in [6.07, 6.45) is -4.45. The maximum absolute atomic E-state index is 12.5. The summed E-state index contributed by atoms with van der Waals surface area (Å²) in [7, 11) is 1.48. The summed E-state index contributed by atoms with van der Waals surface area (Å²) >= 11 is 0. The van der Waals surface area contributed by atoms with E-state index in [0.29, 0.717) is 11.3 Å². The summed E-state index contributed by atoms with van der Waals surface area (Å²) in [5.74, 6) is -0.491. The number of aromatic nitrogens is 2. The molecule has 0 bridgehead atoms. The van der Waals surface area contributed by atoms with Gasteiger partial charge in [-0.05, 0) is 36.4 Å². The number of ether oxygens (including phenoxy) is 1. The molecule has 0 aliphatic carbocycles. The average Bonchev–Trinajstić information content (AvgIpc) is 3.11. The van der Waals surface area contributed by atoms with Crippen LogP contribution in [0.15, 0.2) is 52.9 Å². The fraction of sp³-hybridized carbons (Fsp3) is 0.118. The molecule has 0 saturated carbocycles. The summed E-state index contributed by atoms with van der Waals surface area (Å²) in [5, 5.41) is 9.85. The molecule has 134 valence electrons. The number of methoxy groups -OCH3 is 1. The molecular weight excluding hydrogens is 351 g/mol. The van der Waals surface area contributed by atoms with Crippen molar-refractivity contribution in [3.63, 3.8) is 0 Å². The van der Waals surface area contributed by atoms with Gasteiger partial charge in [0.1, 0.15) is 5.75 Å². The molecule has 0 saturated heterocycles. The second-order valence-electron chi connectivity index (χ2n) is 5.14. The van der Waals surface area contributed by atoms with E-state index >= 15 is 0 Å². The Bertz CT molecular complexity index is 921. The maximum Gasteiger partial charge on any atom is 0.416 e. The minimum Gasteiger partial charge on any atom is -0.496 e. The number of amides is 1. The second-order valence-corrected chi connectivity index (χ2v) is 5.14. The molecular formula is C17H12F3N3O3. The molecule has 0 aliphatic rings. The lowest BCUT2D eigenvalue weighted by Gasteiger charge is -2.07. The molecule has 6 nitrogen and oxygen atoms in total. The van der Waals surface area contributed by atoms with E-state index in [1.165, 1.54) is 7.11 Å². The Morgan fingerprint density at radius 3 is 2.42 bits per heavy atom. The van der Waals surface area contributed by atoms with Gasteiger partial charge in [0, 0.05) is 5.69 Å². The van der Waals surface area contributed by atoms with Gasteiger partial charge in [0.05, 0.1) is 18.2 Å². The number of carbonyl (C=O) groups is 1. The van der Waals surface area contributed by atoms with Crippen molar-refractivity contribution in [1.29, 1.82) is 0 Å². The van der Waals surface area contributed by atoms with Crippen molar-refractivity contribution < 1.29 is 27.1 Å². The molecule has 2 aromatic carbocycles. The van der Waals surface area contributed by atoms with Crippen LogP contribution in [0.4, 0.5) is 18.9 Å². The van der Waals surface area contributed by atoms with Gasteiger partial charge in [-0.15, -0.1) is 10.2 Å². The quantitative estimate of drug-likeness (QED) is 0.758. The zero-order valence-corrected chi connectivity index (χ0v) is 13.4. The Balaban J connectivity index is 1.76.